The zero-order chi connectivity index (χ0) is 20.4. The Hall–Kier alpha value is -3.74. The summed E-state index contributed by atoms with van der Waals surface area (Å²) in [5.41, 5.74) is 2.93. The molecule has 0 aliphatic rings. The topological polar surface area (TPSA) is 69.2 Å². The van der Waals surface area contributed by atoms with Crippen LogP contribution in [0.2, 0.25) is 0 Å². The maximum Gasteiger partial charge on any atom is 0.165 e. The number of aromatic nitrogens is 3. The number of rotatable bonds is 5. The molecule has 0 spiro atoms. The molecule has 0 saturated heterocycles. The number of fused-ring (bicyclic) bond motifs is 1. The predicted molar refractivity (Wildman–Crippen MR) is 111 cm³/mol. The summed E-state index contributed by atoms with van der Waals surface area (Å²) in [4.78, 5) is 13.5. The molecule has 7 heteroatoms. The molecule has 0 bridgehead atoms. The third-order valence-electron chi connectivity index (χ3n) is 4.63. The quantitative estimate of drug-likeness (QED) is 0.539. The molecule has 2 aromatic carbocycles. The van der Waals surface area contributed by atoms with E-state index >= 15 is 0 Å². The Morgan fingerprint density at radius 3 is 2.38 bits per heavy atom. The number of hydrogen-bond donors (Lipinski definition) is 1. The normalized spacial score (nSPS) is 10.8. The van der Waals surface area contributed by atoms with Crippen LogP contribution < -0.4 is 14.8 Å². The Balaban J connectivity index is 1.93. The monoisotopic (exact) mass is 390 g/mol. The molecule has 0 atom stereocenters. The fourth-order valence-electron chi connectivity index (χ4n) is 3.18. The average molecular weight is 390 g/mol. The highest BCUT2D eigenvalue weighted by atomic mass is 19.1. The van der Waals surface area contributed by atoms with E-state index in [1.54, 1.807) is 38.7 Å². The van der Waals surface area contributed by atoms with E-state index in [0.29, 0.717) is 28.5 Å². The lowest BCUT2D eigenvalue weighted by molar-refractivity contribution is 0.386. The molecule has 4 rings (SSSR count). The van der Waals surface area contributed by atoms with E-state index in [1.165, 1.54) is 13.2 Å². The Labute approximate surface area is 167 Å². The van der Waals surface area contributed by atoms with Gasteiger partial charge < -0.3 is 14.8 Å². The van der Waals surface area contributed by atoms with Crippen LogP contribution in [-0.4, -0.2) is 36.2 Å². The first-order valence-electron chi connectivity index (χ1n) is 8.96. The van der Waals surface area contributed by atoms with E-state index in [1.807, 2.05) is 24.3 Å². The van der Waals surface area contributed by atoms with E-state index in [-0.39, 0.29) is 5.75 Å². The van der Waals surface area contributed by atoms with Crippen molar-refractivity contribution in [3.8, 4) is 34.0 Å². The number of ether oxygens (including phenoxy) is 2. The molecule has 4 aromatic rings. The molecule has 0 unspecified atom stereocenters. The molecule has 0 fully saturated rings. The van der Waals surface area contributed by atoms with Crippen LogP contribution in [0.5, 0.6) is 11.5 Å². The molecule has 29 heavy (non-hydrogen) atoms. The lowest BCUT2D eigenvalue weighted by Gasteiger charge is -2.14. The Kier molecular flexibility index (Phi) is 4.95. The van der Waals surface area contributed by atoms with Gasteiger partial charge in [-0.2, -0.15) is 0 Å². The van der Waals surface area contributed by atoms with Crippen LogP contribution >= 0.6 is 0 Å². The highest BCUT2D eigenvalue weighted by molar-refractivity contribution is 5.97. The second-order valence-corrected chi connectivity index (χ2v) is 6.31. The van der Waals surface area contributed by atoms with Gasteiger partial charge in [0.2, 0.25) is 0 Å². The van der Waals surface area contributed by atoms with Gasteiger partial charge in [-0.25, -0.2) is 14.4 Å². The molecule has 0 aliphatic carbocycles. The zero-order valence-corrected chi connectivity index (χ0v) is 16.2. The van der Waals surface area contributed by atoms with Crippen LogP contribution in [0.15, 0.2) is 54.9 Å². The standard InChI is InChI=1S/C22H19FN4O2/c1-24-22-16-9-15(13-6-7-18(28-2)17(23)10-13)11-19(29-3)20(16)26-21(27-22)14-5-4-8-25-12-14/h4-12H,1-3H3,(H,24,26,27). The van der Waals surface area contributed by atoms with Gasteiger partial charge in [0.1, 0.15) is 17.1 Å². The van der Waals surface area contributed by atoms with Gasteiger partial charge >= 0.3 is 0 Å². The van der Waals surface area contributed by atoms with Crippen molar-refractivity contribution in [2.24, 2.45) is 0 Å². The van der Waals surface area contributed by atoms with E-state index in [2.05, 4.69) is 15.3 Å². The maximum absolute atomic E-state index is 14.2. The van der Waals surface area contributed by atoms with Crippen molar-refractivity contribution in [1.82, 2.24) is 15.0 Å². The minimum absolute atomic E-state index is 0.196. The molecular formula is C22H19FN4O2. The van der Waals surface area contributed by atoms with Gasteiger partial charge in [-0.3, -0.25) is 4.98 Å². The summed E-state index contributed by atoms with van der Waals surface area (Å²) in [6.07, 6.45) is 3.41. The number of benzene rings is 2. The summed E-state index contributed by atoms with van der Waals surface area (Å²) in [6.45, 7) is 0. The van der Waals surface area contributed by atoms with Gasteiger partial charge in [0.25, 0.3) is 0 Å². The summed E-state index contributed by atoms with van der Waals surface area (Å²) in [6, 6.07) is 12.3. The molecule has 1 N–H and O–H groups in total. The number of methoxy groups -OCH3 is 2. The molecule has 2 heterocycles. The number of nitrogens with zero attached hydrogens (tertiary/aromatic N) is 3. The van der Waals surface area contributed by atoms with Crippen LogP contribution in [0.4, 0.5) is 10.2 Å². The minimum Gasteiger partial charge on any atom is -0.494 e. The third-order valence-corrected chi connectivity index (χ3v) is 4.63. The second-order valence-electron chi connectivity index (χ2n) is 6.31. The van der Waals surface area contributed by atoms with Crippen molar-refractivity contribution in [1.29, 1.82) is 0 Å². The molecule has 146 valence electrons. The highest BCUT2D eigenvalue weighted by Crippen LogP contribution is 2.36. The summed E-state index contributed by atoms with van der Waals surface area (Å²) >= 11 is 0. The molecule has 0 aliphatic heterocycles. The van der Waals surface area contributed by atoms with Crippen LogP contribution in [-0.2, 0) is 0 Å². The summed E-state index contributed by atoms with van der Waals surface area (Å²) in [5, 5.41) is 3.89. The highest BCUT2D eigenvalue weighted by Gasteiger charge is 2.16. The van der Waals surface area contributed by atoms with Crippen molar-refractivity contribution in [3.63, 3.8) is 0 Å². The SMILES string of the molecule is CNc1nc(-c2cccnc2)nc2c(OC)cc(-c3ccc(OC)c(F)c3)cc12. The number of nitrogens with one attached hydrogen (secondary N) is 1. The lowest BCUT2D eigenvalue weighted by atomic mass is 10.0. The third kappa shape index (κ3) is 3.42. The lowest BCUT2D eigenvalue weighted by Crippen LogP contribution is -2.01. The molecule has 2 aromatic heterocycles. The summed E-state index contributed by atoms with van der Waals surface area (Å²) < 4.78 is 24.8. The fourth-order valence-corrected chi connectivity index (χ4v) is 3.18. The Morgan fingerprint density at radius 1 is 0.897 bits per heavy atom. The van der Waals surface area contributed by atoms with Gasteiger partial charge in [0.15, 0.2) is 17.4 Å². The molecule has 6 nitrogen and oxygen atoms in total. The fraction of sp³-hybridized carbons (Fsp3) is 0.136. The average Bonchev–Trinajstić information content (AvgIpc) is 2.78. The van der Waals surface area contributed by atoms with Crippen LogP contribution in [0, 0.1) is 5.82 Å². The number of hydrogen-bond acceptors (Lipinski definition) is 6. The van der Waals surface area contributed by atoms with E-state index in [9.17, 15) is 4.39 Å². The minimum atomic E-state index is -0.430. The van der Waals surface area contributed by atoms with Gasteiger partial charge in [-0.1, -0.05) is 6.07 Å². The van der Waals surface area contributed by atoms with Gasteiger partial charge in [-0.05, 0) is 47.5 Å². The summed E-state index contributed by atoms with van der Waals surface area (Å²) in [5.74, 6) is 1.51. The molecular weight excluding hydrogens is 371 g/mol. The van der Waals surface area contributed by atoms with Crippen LogP contribution in [0.25, 0.3) is 33.4 Å². The summed E-state index contributed by atoms with van der Waals surface area (Å²) in [7, 11) is 4.81. The van der Waals surface area contributed by atoms with Crippen molar-refractivity contribution in [2.75, 3.05) is 26.6 Å². The zero-order valence-electron chi connectivity index (χ0n) is 16.2. The van der Waals surface area contributed by atoms with Crippen molar-refractivity contribution in [3.05, 3.63) is 60.7 Å². The number of halogens is 1. The van der Waals surface area contributed by atoms with Crippen LogP contribution in [0.3, 0.4) is 0 Å². The molecule has 0 saturated carbocycles. The van der Waals surface area contributed by atoms with Gasteiger partial charge in [0.05, 0.1) is 14.2 Å². The first-order valence-corrected chi connectivity index (χ1v) is 8.96. The first kappa shape index (κ1) is 18.6. The van der Waals surface area contributed by atoms with E-state index in [0.717, 1.165) is 16.5 Å². The van der Waals surface area contributed by atoms with Crippen molar-refractivity contribution < 1.29 is 13.9 Å². The second kappa shape index (κ2) is 7.71. The molecule has 0 radical (unpaired) electrons. The van der Waals surface area contributed by atoms with Gasteiger partial charge in [0, 0.05) is 30.4 Å². The Morgan fingerprint density at radius 2 is 1.72 bits per heavy atom. The van der Waals surface area contributed by atoms with E-state index < -0.39 is 5.82 Å². The van der Waals surface area contributed by atoms with Crippen LogP contribution in [0.1, 0.15) is 0 Å². The first-order chi connectivity index (χ1) is 14.1. The smallest absolute Gasteiger partial charge is 0.165 e. The van der Waals surface area contributed by atoms with Crippen molar-refractivity contribution >= 4 is 16.7 Å². The largest absolute Gasteiger partial charge is 0.494 e. The predicted octanol–water partition coefficient (Wildman–Crippen LogP) is 4.56. The number of anilines is 1. The van der Waals surface area contributed by atoms with E-state index in [4.69, 9.17) is 14.5 Å². The molecule has 0 amide bonds. The van der Waals surface area contributed by atoms with Crippen molar-refractivity contribution in [2.45, 2.75) is 0 Å². The van der Waals surface area contributed by atoms with Gasteiger partial charge in [-0.15, -0.1) is 0 Å². The maximum atomic E-state index is 14.2. The Bertz CT molecular complexity index is 1180. The number of pyridine rings is 1.